The van der Waals surface area contributed by atoms with E-state index in [1.807, 2.05) is 107 Å². The predicted octanol–water partition coefficient (Wildman–Crippen LogP) is 12.0. The van der Waals surface area contributed by atoms with Crippen molar-refractivity contribution in [3.8, 4) is 17.2 Å². The number of fused-ring (bicyclic) bond motifs is 3. The maximum atomic E-state index is 12.7. The molecule has 1 aromatic heterocycles. The number of para-hydroxylation sites is 2. The molecule has 0 fully saturated rings. The summed E-state index contributed by atoms with van der Waals surface area (Å²) >= 11 is 1.57. The van der Waals surface area contributed by atoms with Gasteiger partial charge in [0.2, 0.25) is 5.91 Å². The van der Waals surface area contributed by atoms with Crippen LogP contribution in [-0.2, 0) is 27.4 Å². The van der Waals surface area contributed by atoms with Crippen molar-refractivity contribution in [1.29, 1.82) is 0 Å². The van der Waals surface area contributed by atoms with E-state index in [2.05, 4.69) is 66.4 Å². The lowest BCUT2D eigenvalue weighted by Crippen LogP contribution is -2.29. The van der Waals surface area contributed by atoms with Gasteiger partial charge in [0.05, 0.1) is 32.4 Å². The second-order valence-corrected chi connectivity index (χ2v) is 16.7. The second-order valence-electron chi connectivity index (χ2n) is 15.5. The molecule has 0 aliphatic carbocycles. The molecule has 0 unspecified atom stereocenters. The van der Waals surface area contributed by atoms with Crippen molar-refractivity contribution >= 4 is 51.1 Å². The van der Waals surface area contributed by atoms with Crippen molar-refractivity contribution in [2.75, 3.05) is 58.2 Å². The number of hydrogen-bond acceptors (Lipinski definition) is 9. The number of methoxy groups -OCH3 is 1. The topological polar surface area (TPSA) is 100 Å². The number of rotatable bonds is 21. The number of aromatic nitrogens is 1. The van der Waals surface area contributed by atoms with Gasteiger partial charge in [-0.05, 0) is 125 Å². The van der Waals surface area contributed by atoms with Gasteiger partial charge in [-0.25, -0.2) is 4.79 Å². The molecule has 6 aromatic rings. The van der Waals surface area contributed by atoms with Crippen LogP contribution in [0.15, 0.2) is 144 Å². The van der Waals surface area contributed by atoms with Crippen LogP contribution in [0, 0.1) is 13.8 Å². The molecule has 0 radical (unpaired) electrons. The smallest absolute Gasteiger partial charge is 0.339 e. The molecule has 0 saturated heterocycles. The van der Waals surface area contributed by atoms with Gasteiger partial charge in [-0.15, -0.1) is 11.8 Å². The first-order valence-electron chi connectivity index (χ1n) is 21.9. The highest BCUT2D eigenvalue weighted by molar-refractivity contribution is 7.99. The van der Waals surface area contributed by atoms with Gasteiger partial charge >= 0.3 is 5.97 Å². The van der Waals surface area contributed by atoms with Gasteiger partial charge in [0.1, 0.15) is 24.7 Å². The summed E-state index contributed by atoms with van der Waals surface area (Å²) in [6.07, 6.45) is 1.72. The number of nitrogens with zero attached hydrogens (tertiary/aromatic N) is 2. The van der Waals surface area contributed by atoms with Crippen LogP contribution in [0.4, 0.5) is 5.69 Å². The number of amides is 1. The molecule has 0 saturated carbocycles. The van der Waals surface area contributed by atoms with E-state index in [9.17, 15) is 9.59 Å². The number of anilines is 1. The van der Waals surface area contributed by atoms with Crippen LogP contribution in [0.1, 0.15) is 54.7 Å². The summed E-state index contributed by atoms with van der Waals surface area (Å²) < 4.78 is 30.4. The first-order valence-corrected chi connectivity index (χ1v) is 22.9. The Balaban J connectivity index is 0.000000244. The average molecular weight is 898 g/mol. The maximum absolute atomic E-state index is 12.7. The van der Waals surface area contributed by atoms with Gasteiger partial charge in [-0.3, -0.25) is 9.69 Å². The highest BCUT2D eigenvalue weighted by Crippen LogP contribution is 2.32. The van der Waals surface area contributed by atoms with Gasteiger partial charge in [-0.1, -0.05) is 73.8 Å². The van der Waals surface area contributed by atoms with E-state index in [-0.39, 0.29) is 31.6 Å². The third kappa shape index (κ3) is 13.5. The highest BCUT2D eigenvalue weighted by Gasteiger charge is 2.16. The third-order valence-electron chi connectivity index (χ3n) is 10.5. The van der Waals surface area contributed by atoms with Crippen molar-refractivity contribution < 1.29 is 33.3 Å². The number of carbonyl (C=O) groups excluding carboxylic acids is 2. The highest BCUT2D eigenvalue weighted by atomic mass is 32.2. The molecule has 0 atom stereocenters. The summed E-state index contributed by atoms with van der Waals surface area (Å²) in [4.78, 5) is 28.2. The second kappa shape index (κ2) is 24.6. The standard InChI is InChI=1S/C27H31N3O3.C27H32O4S/c1-5-30-23-10-8-7-9-21(23)22-16-20(12-13-24(22)30)28-27(31)18-29(3)17-19-11-14-25(33-6-2)26(15-19)32-4;1-7-20(4)25(19(2)3)29-15-16-31-27(28)23-13-8-9-14-24(23)32-18-17-30-26-21(5)11-10-12-22(26)6/h7-16H,5-6,17-18H2,1-4H3,(H,28,31);7-14H,1-2,15-18H2,3-6H3/b;25-20+. The quantitative estimate of drug-likeness (QED) is 0.0249. The number of thioether (sulfide) groups is 1. The van der Waals surface area contributed by atoms with E-state index < -0.39 is 0 Å². The summed E-state index contributed by atoms with van der Waals surface area (Å²) in [7, 11) is 3.56. The molecular formula is C54H63N3O7S. The van der Waals surface area contributed by atoms with E-state index in [0.29, 0.717) is 36.8 Å². The Kier molecular flexibility index (Phi) is 18.8. The van der Waals surface area contributed by atoms with Gasteiger partial charge in [0.15, 0.2) is 11.5 Å². The van der Waals surface area contributed by atoms with Crippen LogP contribution in [0.25, 0.3) is 21.8 Å². The minimum absolute atomic E-state index is 0.0472. The Morgan fingerprint density at radius 2 is 1.51 bits per heavy atom. The molecule has 1 heterocycles. The Morgan fingerprint density at radius 3 is 2.22 bits per heavy atom. The third-order valence-corrected chi connectivity index (χ3v) is 11.5. The number of esters is 1. The van der Waals surface area contributed by atoms with Crippen LogP contribution >= 0.6 is 11.8 Å². The zero-order chi connectivity index (χ0) is 46.9. The van der Waals surface area contributed by atoms with Crippen molar-refractivity contribution in [2.24, 2.45) is 0 Å². The zero-order valence-corrected chi connectivity index (χ0v) is 39.9. The molecule has 0 bridgehead atoms. The lowest BCUT2D eigenvalue weighted by molar-refractivity contribution is -0.117. The minimum atomic E-state index is -0.367. The van der Waals surface area contributed by atoms with E-state index in [0.717, 1.165) is 67.6 Å². The Hall–Kier alpha value is -6.43. The van der Waals surface area contributed by atoms with E-state index in [4.69, 9.17) is 23.7 Å². The van der Waals surface area contributed by atoms with E-state index in [1.165, 1.54) is 16.4 Å². The SMILES string of the molecule is C=C/C(C)=C(/OCCOC(=O)c1ccccc1SCCOc1c(C)cccc1C)C(=C)C.CCOc1ccc(CN(C)CC(=O)Nc2ccc3c(c2)c2ccccc2n3CC)cc1OC. The van der Waals surface area contributed by atoms with Gasteiger partial charge in [-0.2, -0.15) is 0 Å². The van der Waals surface area contributed by atoms with Gasteiger partial charge in [0, 0.05) is 51.2 Å². The first-order chi connectivity index (χ1) is 31.4. The predicted molar refractivity (Wildman–Crippen MR) is 267 cm³/mol. The number of carbonyl (C=O) groups is 2. The molecule has 1 amide bonds. The molecule has 1 N–H and O–H groups in total. The average Bonchev–Trinajstić information content (AvgIpc) is 3.61. The molecule has 5 aromatic carbocycles. The molecule has 11 heteroatoms. The lowest BCUT2D eigenvalue weighted by Gasteiger charge is -2.18. The molecule has 10 nitrogen and oxygen atoms in total. The molecular weight excluding hydrogens is 835 g/mol. The normalized spacial score (nSPS) is 11.3. The fraction of sp³-hybridized carbons (Fsp3) is 0.296. The van der Waals surface area contributed by atoms with Crippen LogP contribution in [0.2, 0.25) is 0 Å². The van der Waals surface area contributed by atoms with Crippen molar-refractivity contribution in [3.05, 3.63) is 162 Å². The zero-order valence-electron chi connectivity index (χ0n) is 39.1. The van der Waals surface area contributed by atoms with Crippen molar-refractivity contribution in [3.63, 3.8) is 0 Å². The monoisotopic (exact) mass is 897 g/mol. The van der Waals surface area contributed by atoms with E-state index >= 15 is 0 Å². The number of aryl methyl sites for hydroxylation is 3. The van der Waals surface area contributed by atoms with Crippen molar-refractivity contribution in [2.45, 2.75) is 59.5 Å². The molecule has 0 aliphatic heterocycles. The fourth-order valence-electron chi connectivity index (χ4n) is 7.48. The number of allylic oxidation sites excluding steroid dienone is 3. The number of benzene rings is 5. The van der Waals surface area contributed by atoms with Gasteiger partial charge in [0.25, 0.3) is 0 Å². The molecule has 0 spiro atoms. The summed E-state index contributed by atoms with van der Waals surface area (Å²) in [5.74, 6) is 3.33. The molecule has 0 aliphatic rings. The van der Waals surface area contributed by atoms with Crippen LogP contribution < -0.4 is 19.5 Å². The molecule has 65 heavy (non-hydrogen) atoms. The molecule has 342 valence electrons. The number of nitrogens with one attached hydrogen (secondary N) is 1. The minimum Gasteiger partial charge on any atom is -0.493 e. The molecule has 6 rings (SSSR count). The summed E-state index contributed by atoms with van der Waals surface area (Å²) in [6.45, 7) is 22.9. The van der Waals surface area contributed by atoms with Crippen LogP contribution in [0.3, 0.4) is 0 Å². The summed E-state index contributed by atoms with van der Waals surface area (Å²) in [5, 5.41) is 5.41. The van der Waals surface area contributed by atoms with Gasteiger partial charge < -0.3 is 33.6 Å². The Labute approximate surface area is 388 Å². The Morgan fingerprint density at radius 1 is 0.800 bits per heavy atom. The van der Waals surface area contributed by atoms with Crippen LogP contribution in [0.5, 0.6) is 17.2 Å². The summed E-state index contributed by atoms with van der Waals surface area (Å²) in [6, 6.07) is 33.9. The number of likely N-dealkylation sites (N-methyl/N-ethyl adjacent to an activating group) is 1. The largest absolute Gasteiger partial charge is 0.493 e. The lowest BCUT2D eigenvalue weighted by atomic mass is 10.1. The summed E-state index contributed by atoms with van der Waals surface area (Å²) in [5.41, 5.74) is 8.74. The van der Waals surface area contributed by atoms with Crippen molar-refractivity contribution in [1.82, 2.24) is 9.47 Å². The number of hydrogen-bond donors (Lipinski definition) is 1. The number of ether oxygens (including phenoxy) is 5. The fourth-order valence-corrected chi connectivity index (χ4v) is 8.34. The first kappa shape index (κ1) is 49.6. The Bertz CT molecular complexity index is 2610. The van der Waals surface area contributed by atoms with Crippen LogP contribution in [-0.4, -0.2) is 74.2 Å². The van der Waals surface area contributed by atoms with E-state index in [1.54, 1.807) is 31.0 Å². The maximum Gasteiger partial charge on any atom is 0.339 e.